The predicted octanol–water partition coefficient (Wildman–Crippen LogP) is -0.242. The summed E-state index contributed by atoms with van der Waals surface area (Å²) in [6, 6.07) is 0. The summed E-state index contributed by atoms with van der Waals surface area (Å²) >= 11 is 0. The summed E-state index contributed by atoms with van der Waals surface area (Å²) in [5, 5.41) is -4.81. The van der Waals surface area contributed by atoms with Gasteiger partial charge in [0.05, 0.1) is 17.9 Å². The predicted molar refractivity (Wildman–Crippen MR) is 79.1 cm³/mol. The molecule has 0 spiro atoms. The molecule has 3 aliphatic rings. The Morgan fingerprint density at radius 3 is 2.56 bits per heavy atom. The number of ether oxygens (including phenoxy) is 3. The van der Waals surface area contributed by atoms with Crippen LogP contribution in [-0.2, 0) is 38.7 Å². The van der Waals surface area contributed by atoms with Crippen molar-refractivity contribution in [2.24, 2.45) is 17.8 Å². The Hall–Kier alpha value is -1.92. The first-order chi connectivity index (χ1) is 12.3. The Bertz CT molecular complexity index is 821. The highest BCUT2D eigenvalue weighted by Gasteiger charge is 2.69. The second-order valence-corrected chi connectivity index (χ2v) is 8.31. The van der Waals surface area contributed by atoms with Crippen LogP contribution in [-0.4, -0.2) is 60.9 Å². The minimum atomic E-state index is -6.03. The number of halogens is 2. The second kappa shape index (κ2) is 6.31. The lowest BCUT2D eigenvalue weighted by atomic mass is 9.78. The Morgan fingerprint density at radius 1 is 1.37 bits per heavy atom. The number of ketones is 1. The van der Waals surface area contributed by atoms with E-state index in [1.807, 2.05) is 0 Å². The van der Waals surface area contributed by atoms with Gasteiger partial charge in [-0.1, -0.05) is 6.58 Å². The molecule has 0 amide bonds. The van der Waals surface area contributed by atoms with Gasteiger partial charge in [0, 0.05) is 17.9 Å². The van der Waals surface area contributed by atoms with Crippen molar-refractivity contribution in [2.75, 3.05) is 6.61 Å². The fourth-order valence-electron chi connectivity index (χ4n) is 3.81. The van der Waals surface area contributed by atoms with Crippen LogP contribution in [0.5, 0.6) is 0 Å². The third-order valence-electron chi connectivity index (χ3n) is 5.00. The fourth-order valence-corrected chi connectivity index (χ4v) is 4.01. The average molecular weight is 409 g/mol. The Balaban J connectivity index is 1.77. The molecular formula is C15H15F2O9S-. The van der Waals surface area contributed by atoms with Gasteiger partial charge < -0.3 is 18.8 Å². The first-order valence-corrected chi connectivity index (χ1v) is 9.30. The normalized spacial score (nSPS) is 34.6. The first kappa shape index (κ1) is 19.8. The molecule has 3 rings (SSSR count). The standard InChI is InChI=1S/C15H16F2O9S/c1-5(2)13(19)26-11-6-3-7(18)8-9(12(11)25-10(6)8)14(20)24-4-15(16,17)27(21,22)23/h6,8-12H,1,3-4H2,2H3,(H,21,22,23)/p-1. The van der Waals surface area contributed by atoms with Crippen LogP contribution in [0.3, 0.4) is 0 Å². The van der Waals surface area contributed by atoms with Crippen LogP contribution in [0.25, 0.3) is 0 Å². The summed E-state index contributed by atoms with van der Waals surface area (Å²) in [5.41, 5.74) is 0.0815. The molecular weight excluding hydrogens is 394 g/mol. The number of alkyl halides is 2. The largest absolute Gasteiger partial charge is 0.743 e. The SMILES string of the molecule is C=C(C)C(=O)OC1C2CC(=O)C3C2OC1C3C(=O)OCC(F)(F)S(=O)(=O)[O-]. The molecule has 0 N–H and O–H groups in total. The molecule has 0 aromatic carbocycles. The van der Waals surface area contributed by atoms with E-state index in [1.54, 1.807) is 0 Å². The number of carbonyl (C=O) groups is 3. The van der Waals surface area contributed by atoms with Gasteiger partial charge in [-0.3, -0.25) is 9.59 Å². The minimum absolute atomic E-state index is 0.0190. The highest BCUT2D eigenvalue weighted by atomic mass is 32.2. The number of rotatable bonds is 6. The van der Waals surface area contributed by atoms with E-state index in [2.05, 4.69) is 11.3 Å². The van der Waals surface area contributed by atoms with Crippen molar-refractivity contribution < 1.29 is 50.3 Å². The summed E-state index contributed by atoms with van der Waals surface area (Å²) in [6.07, 6.45) is -2.81. The Labute approximate surface area is 152 Å². The maximum atomic E-state index is 13.2. The van der Waals surface area contributed by atoms with Gasteiger partial charge >= 0.3 is 17.2 Å². The fraction of sp³-hybridized carbons (Fsp3) is 0.667. The van der Waals surface area contributed by atoms with Crippen molar-refractivity contribution in [1.29, 1.82) is 0 Å². The zero-order chi connectivity index (χ0) is 20.3. The first-order valence-electron chi connectivity index (χ1n) is 7.89. The maximum absolute atomic E-state index is 13.2. The van der Waals surface area contributed by atoms with Gasteiger partial charge in [0.25, 0.3) is 0 Å². The van der Waals surface area contributed by atoms with Crippen molar-refractivity contribution in [3.05, 3.63) is 12.2 Å². The Kier molecular flexibility index (Phi) is 4.64. The van der Waals surface area contributed by atoms with Crippen molar-refractivity contribution in [1.82, 2.24) is 0 Å². The summed E-state index contributed by atoms with van der Waals surface area (Å²) in [6.45, 7) is 2.84. The van der Waals surface area contributed by atoms with E-state index in [9.17, 15) is 36.1 Å². The summed E-state index contributed by atoms with van der Waals surface area (Å²) < 4.78 is 73.0. The van der Waals surface area contributed by atoms with Crippen LogP contribution in [0.15, 0.2) is 12.2 Å². The molecule has 9 nitrogen and oxygen atoms in total. The van der Waals surface area contributed by atoms with Crippen molar-refractivity contribution in [3.63, 3.8) is 0 Å². The molecule has 2 bridgehead atoms. The average Bonchev–Trinajstić information content (AvgIpc) is 3.14. The van der Waals surface area contributed by atoms with Crippen molar-refractivity contribution >= 4 is 27.8 Å². The van der Waals surface area contributed by atoms with Gasteiger partial charge in [-0.25, -0.2) is 13.2 Å². The number of carbonyl (C=O) groups excluding carboxylic acids is 3. The van der Waals surface area contributed by atoms with Gasteiger partial charge in [0.2, 0.25) is 0 Å². The van der Waals surface area contributed by atoms with E-state index in [0.29, 0.717) is 0 Å². The van der Waals surface area contributed by atoms with Crippen LogP contribution in [0.2, 0.25) is 0 Å². The van der Waals surface area contributed by atoms with Gasteiger partial charge in [-0.05, 0) is 6.92 Å². The van der Waals surface area contributed by atoms with Crippen molar-refractivity contribution in [2.45, 2.75) is 36.9 Å². The molecule has 2 saturated heterocycles. The molecule has 27 heavy (non-hydrogen) atoms. The van der Waals surface area contributed by atoms with E-state index >= 15 is 0 Å². The zero-order valence-corrected chi connectivity index (χ0v) is 14.7. The van der Waals surface area contributed by atoms with E-state index in [4.69, 9.17) is 9.47 Å². The molecule has 1 saturated carbocycles. The number of hydrogen-bond donors (Lipinski definition) is 0. The van der Waals surface area contributed by atoms with E-state index in [1.165, 1.54) is 6.92 Å². The van der Waals surface area contributed by atoms with Crippen LogP contribution < -0.4 is 0 Å². The second-order valence-electron chi connectivity index (χ2n) is 6.80. The molecule has 0 radical (unpaired) electrons. The van der Waals surface area contributed by atoms with Crippen LogP contribution >= 0.6 is 0 Å². The third kappa shape index (κ3) is 3.15. The highest BCUT2D eigenvalue weighted by Crippen LogP contribution is 2.55. The molecule has 0 aromatic rings. The van der Waals surface area contributed by atoms with Gasteiger partial charge in [-0.15, -0.1) is 0 Å². The monoisotopic (exact) mass is 409 g/mol. The lowest BCUT2D eigenvalue weighted by molar-refractivity contribution is -0.164. The van der Waals surface area contributed by atoms with E-state index in [0.717, 1.165) is 0 Å². The van der Waals surface area contributed by atoms with E-state index < -0.39 is 70.0 Å². The zero-order valence-electron chi connectivity index (χ0n) is 13.9. The molecule has 0 aromatic heterocycles. The molecule has 2 aliphatic heterocycles. The van der Waals surface area contributed by atoms with E-state index in [-0.39, 0.29) is 17.8 Å². The summed E-state index contributed by atoms with van der Waals surface area (Å²) in [4.78, 5) is 36.3. The maximum Gasteiger partial charge on any atom is 0.367 e. The highest BCUT2D eigenvalue weighted by molar-refractivity contribution is 7.86. The van der Waals surface area contributed by atoms with Gasteiger partial charge in [-0.2, -0.15) is 8.78 Å². The quantitative estimate of drug-likeness (QED) is 0.331. The van der Waals surface area contributed by atoms with Crippen molar-refractivity contribution in [3.8, 4) is 0 Å². The number of esters is 2. The van der Waals surface area contributed by atoms with Crippen LogP contribution in [0.1, 0.15) is 13.3 Å². The molecule has 6 atom stereocenters. The van der Waals surface area contributed by atoms with Gasteiger partial charge in [0.15, 0.2) is 16.7 Å². The molecule has 2 heterocycles. The summed E-state index contributed by atoms with van der Waals surface area (Å²) in [7, 11) is -6.03. The molecule has 3 fully saturated rings. The smallest absolute Gasteiger partial charge is 0.367 e. The van der Waals surface area contributed by atoms with Gasteiger partial charge in [0.1, 0.15) is 18.0 Å². The Morgan fingerprint density at radius 2 is 2.00 bits per heavy atom. The molecule has 6 unspecified atom stereocenters. The minimum Gasteiger partial charge on any atom is -0.743 e. The summed E-state index contributed by atoms with van der Waals surface area (Å²) in [5.74, 6) is -5.21. The topological polar surface area (TPSA) is 136 Å². The third-order valence-corrected chi connectivity index (χ3v) is 5.85. The van der Waals surface area contributed by atoms with Crippen LogP contribution in [0.4, 0.5) is 8.78 Å². The molecule has 1 aliphatic carbocycles. The number of hydrogen-bond acceptors (Lipinski definition) is 9. The number of Topliss-reactive ketones (excluding diaryl/α,β-unsaturated/α-hetero) is 1. The lowest BCUT2D eigenvalue weighted by Gasteiger charge is -2.29. The lowest BCUT2D eigenvalue weighted by Crippen LogP contribution is -2.46. The molecule has 12 heteroatoms. The number of fused-ring (bicyclic) bond motifs is 1. The molecule has 150 valence electrons. The van der Waals surface area contributed by atoms with Crippen LogP contribution in [0, 0.1) is 17.8 Å².